The van der Waals surface area contributed by atoms with E-state index in [1.54, 1.807) is 36.4 Å². The van der Waals surface area contributed by atoms with E-state index >= 15 is 0 Å². The van der Waals surface area contributed by atoms with Crippen molar-refractivity contribution in [3.63, 3.8) is 0 Å². The molecule has 1 heterocycles. The molecular formula is C23H19F3N2O4. The molecule has 6 nitrogen and oxygen atoms in total. The van der Waals surface area contributed by atoms with Crippen molar-refractivity contribution >= 4 is 11.7 Å². The average Bonchev–Trinajstić information content (AvgIpc) is 2.80. The summed E-state index contributed by atoms with van der Waals surface area (Å²) in [5.74, 6) is -0.351. The molecule has 0 saturated heterocycles. The van der Waals surface area contributed by atoms with E-state index in [1.165, 1.54) is 38.6 Å². The third-order valence-corrected chi connectivity index (χ3v) is 4.45. The summed E-state index contributed by atoms with van der Waals surface area (Å²) >= 11 is 0. The molecule has 0 amide bonds. The summed E-state index contributed by atoms with van der Waals surface area (Å²) in [5.41, 5.74) is 0.257. The summed E-state index contributed by atoms with van der Waals surface area (Å²) in [6.07, 6.45) is -3.23. The van der Waals surface area contributed by atoms with Gasteiger partial charge in [-0.2, -0.15) is 13.2 Å². The molecule has 1 aromatic heterocycles. The molecular weight excluding hydrogens is 425 g/mol. The number of halogens is 3. The van der Waals surface area contributed by atoms with Crippen LogP contribution in [0.5, 0.6) is 5.75 Å². The third-order valence-electron chi connectivity index (χ3n) is 4.45. The Hall–Kier alpha value is -3.88. The highest BCUT2D eigenvalue weighted by atomic mass is 19.4. The molecule has 0 saturated carbocycles. The molecule has 166 valence electrons. The second-order valence-corrected chi connectivity index (χ2v) is 6.49. The maximum Gasteiger partial charge on any atom is 0.418 e. The maximum atomic E-state index is 13.4. The number of pyridine rings is 1. The van der Waals surface area contributed by atoms with Crippen molar-refractivity contribution in [1.29, 1.82) is 0 Å². The van der Waals surface area contributed by atoms with Gasteiger partial charge in [-0.15, -0.1) is 0 Å². The number of alkyl halides is 3. The molecule has 0 bridgehead atoms. The Morgan fingerprint density at radius 2 is 1.81 bits per heavy atom. The van der Waals surface area contributed by atoms with Crippen LogP contribution in [0.25, 0.3) is 11.3 Å². The minimum Gasteiger partial charge on any atom is -0.489 e. The number of nitrogens with zero attached hydrogens (tertiary/aromatic N) is 2. The quantitative estimate of drug-likeness (QED) is 0.295. The van der Waals surface area contributed by atoms with E-state index in [2.05, 4.69) is 10.1 Å². The number of methoxy groups -OCH3 is 1. The molecule has 3 rings (SSSR count). The number of benzene rings is 2. The van der Waals surface area contributed by atoms with Crippen LogP contribution in [0.1, 0.15) is 16.7 Å². The van der Waals surface area contributed by atoms with Crippen LogP contribution in [0.3, 0.4) is 0 Å². The van der Waals surface area contributed by atoms with Gasteiger partial charge in [0.25, 0.3) is 0 Å². The standard InChI is InChI=1S/C23H19F3N2O4/c1-30-22(29)21(28-31-2)18-10-4-3-7-16(18)14-32-17-9-5-8-15(13-17)20-19(23(24,25)26)11-6-12-27-20/h3-13H,14H2,1-2H3/b28-21+. The van der Waals surface area contributed by atoms with E-state index < -0.39 is 17.7 Å². The van der Waals surface area contributed by atoms with Gasteiger partial charge in [0.15, 0.2) is 5.71 Å². The van der Waals surface area contributed by atoms with Crippen LogP contribution in [0.15, 0.2) is 72.0 Å². The fraction of sp³-hybridized carbons (Fsp3) is 0.174. The lowest BCUT2D eigenvalue weighted by molar-refractivity contribution is -0.137. The third kappa shape index (κ3) is 5.23. The van der Waals surface area contributed by atoms with Gasteiger partial charge in [-0.05, 0) is 29.8 Å². The Morgan fingerprint density at radius 3 is 2.53 bits per heavy atom. The van der Waals surface area contributed by atoms with Gasteiger partial charge in [0.2, 0.25) is 0 Å². The molecule has 0 aliphatic rings. The number of rotatable bonds is 7. The fourth-order valence-corrected chi connectivity index (χ4v) is 3.02. The maximum absolute atomic E-state index is 13.4. The number of carbonyl (C=O) groups excluding carboxylic acids is 1. The van der Waals surface area contributed by atoms with Crippen molar-refractivity contribution in [2.75, 3.05) is 14.2 Å². The van der Waals surface area contributed by atoms with E-state index in [9.17, 15) is 18.0 Å². The number of oxime groups is 1. The summed E-state index contributed by atoms with van der Waals surface area (Å²) in [5, 5.41) is 3.74. The van der Waals surface area contributed by atoms with E-state index in [0.717, 1.165) is 6.07 Å². The molecule has 0 fully saturated rings. The summed E-state index contributed by atoms with van der Waals surface area (Å²) in [6.45, 7) is 0.0215. The van der Waals surface area contributed by atoms with Gasteiger partial charge >= 0.3 is 12.1 Å². The zero-order chi connectivity index (χ0) is 23.1. The zero-order valence-electron chi connectivity index (χ0n) is 17.2. The van der Waals surface area contributed by atoms with Gasteiger partial charge in [-0.25, -0.2) is 4.79 Å². The molecule has 32 heavy (non-hydrogen) atoms. The highest BCUT2D eigenvalue weighted by molar-refractivity contribution is 6.43. The lowest BCUT2D eigenvalue weighted by Crippen LogP contribution is -2.19. The lowest BCUT2D eigenvalue weighted by atomic mass is 10.0. The molecule has 0 unspecified atom stereocenters. The smallest absolute Gasteiger partial charge is 0.418 e. The Kier molecular flexibility index (Phi) is 7.09. The van der Waals surface area contributed by atoms with E-state index in [0.29, 0.717) is 16.9 Å². The van der Waals surface area contributed by atoms with Crippen molar-refractivity contribution in [3.05, 3.63) is 83.6 Å². The van der Waals surface area contributed by atoms with Crippen molar-refractivity contribution < 1.29 is 32.3 Å². The van der Waals surface area contributed by atoms with Gasteiger partial charge in [-0.3, -0.25) is 4.98 Å². The van der Waals surface area contributed by atoms with Crippen LogP contribution in [-0.2, 0) is 27.2 Å². The van der Waals surface area contributed by atoms with Gasteiger partial charge in [0, 0.05) is 17.3 Å². The predicted octanol–water partition coefficient (Wildman–Crippen LogP) is 4.87. The summed E-state index contributed by atoms with van der Waals surface area (Å²) < 4.78 is 50.6. The van der Waals surface area contributed by atoms with Crippen molar-refractivity contribution in [3.8, 4) is 17.0 Å². The van der Waals surface area contributed by atoms with E-state index in [-0.39, 0.29) is 23.6 Å². The number of carbonyl (C=O) groups is 1. The molecule has 0 N–H and O–H groups in total. The lowest BCUT2D eigenvalue weighted by Gasteiger charge is -2.14. The molecule has 0 atom stereocenters. The van der Waals surface area contributed by atoms with Gasteiger partial charge < -0.3 is 14.3 Å². The molecule has 0 spiro atoms. The Bertz CT molecular complexity index is 1130. The second kappa shape index (κ2) is 9.95. The SMILES string of the molecule is CO/N=C(/C(=O)OC)c1ccccc1COc1cccc(-c2ncccc2C(F)(F)F)c1. The average molecular weight is 444 g/mol. The van der Waals surface area contributed by atoms with Crippen molar-refractivity contribution in [2.45, 2.75) is 12.8 Å². The van der Waals surface area contributed by atoms with Gasteiger partial charge in [0.05, 0.1) is 18.4 Å². The number of ether oxygens (including phenoxy) is 2. The topological polar surface area (TPSA) is 70.0 Å². The number of aromatic nitrogens is 1. The van der Waals surface area contributed by atoms with Crippen LogP contribution < -0.4 is 4.74 Å². The second-order valence-electron chi connectivity index (χ2n) is 6.49. The first kappa shape index (κ1) is 22.8. The van der Waals surface area contributed by atoms with Gasteiger partial charge in [0.1, 0.15) is 19.5 Å². The first-order chi connectivity index (χ1) is 15.3. The first-order valence-electron chi connectivity index (χ1n) is 9.38. The molecule has 9 heteroatoms. The van der Waals surface area contributed by atoms with Crippen molar-refractivity contribution in [1.82, 2.24) is 4.98 Å². The molecule has 3 aromatic rings. The molecule has 0 aliphatic heterocycles. The van der Waals surface area contributed by atoms with E-state index in [1.807, 2.05) is 0 Å². The largest absolute Gasteiger partial charge is 0.489 e. The monoisotopic (exact) mass is 444 g/mol. The van der Waals surface area contributed by atoms with Crippen LogP contribution in [0.4, 0.5) is 13.2 Å². The number of hydrogen-bond donors (Lipinski definition) is 0. The van der Waals surface area contributed by atoms with Crippen LogP contribution >= 0.6 is 0 Å². The highest BCUT2D eigenvalue weighted by Gasteiger charge is 2.34. The zero-order valence-corrected chi connectivity index (χ0v) is 17.2. The predicted molar refractivity (Wildman–Crippen MR) is 111 cm³/mol. The number of esters is 1. The minimum absolute atomic E-state index is 0.0215. The molecule has 2 aromatic carbocycles. The van der Waals surface area contributed by atoms with Crippen LogP contribution in [0.2, 0.25) is 0 Å². The Balaban J connectivity index is 1.88. The molecule has 0 radical (unpaired) electrons. The van der Waals surface area contributed by atoms with Crippen LogP contribution in [0, 0.1) is 0 Å². The normalized spacial score (nSPS) is 11.7. The summed E-state index contributed by atoms with van der Waals surface area (Å²) in [4.78, 5) is 20.7. The molecule has 0 aliphatic carbocycles. The van der Waals surface area contributed by atoms with Crippen molar-refractivity contribution in [2.24, 2.45) is 5.16 Å². The van der Waals surface area contributed by atoms with E-state index in [4.69, 9.17) is 14.3 Å². The Labute approximate surface area is 182 Å². The van der Waals surface area contributed by atoms with Gasteiger partial charge in [-0.1, -0.05) is 41.6 Å². The number of hydrogen-bond acceptors (Lipinski definition) is 6. The highest BCUT2D eigenvalue weighted by Crippen LogP contribution is 2.36. The first-order valence-corrected chi connectivity index (χ1v) is 9.38. The summed E-state index contributed by atoms with van der Waals surface area (Å²) in [7, 11) is 2.53. The fourth-order valence-electron chi connectivity index (χ4n) is 3.02. The summed E-state index contributed by atoms with van der Waals surface area (Å²) in [6, 6.07) is 15.3. The minimum atomic E-state index is -4.54. The van der Waals surface area contributed by atoms with Crippen LogP contribution in [-0.4, -0.2) is 30.9 Å². The Morgan fingerprint density at radius 1 is 1.03 bits per heavy atom.